The fourth-order valence-electron chi connectivity index (χ4n) is 3.38. The first-order valence-electron chi connectivity index (χ1n) is 8.91. The van der Waals surface area contributed by atoms with Crippen molar-refractivity contribution in [2.24, 2.45) is 0 Å². The highest BCUT2D eigenvalue weighted by Gasteiger charge is 2.07. The first kappa shape index (κ1) is 15.7. The van der Waals surface area contributed by atoms with Crippen molar-refractivity contribution >= 4 is 10.8 Å². The molecule has 25 heavy (non-hydrogen) atoms. The van der Waals surface area contributed by atoms with Crippen molar-refractivity contribution < 1.29 is 0 Å². The third-order valence-corrected chi connectivity index (χ3v) is 4.88. The maximum absolute atomic E-state index is 2.32. The van der Waals surface area contributed by atoms with Crippen LogP contribution in [0, 0.1) is 0 Å². The van der Waals surface area contributed by atoms with Crippen LogP contribution in [0.1, 0.15) is 25.3 Å². The molecule has 0 fully saturated rings. The molecule has 0 saturated carbocycles. The highest BCUT2D eigenvalue weighted by atomic mass is 14.1. The van der Waals surface area contributed by atoms with Crippen LogP contribution in [-0.2, 0) is 0 Å². The zero-order valence-corrected chi connectivity index (χ0v) is 14.7. The Morgan fingerprint density at radius 1 is 0.560 bits per heavy atom. The lowest BCUT2D eigenvalue weighted by atomic mass is 9.93. The maximum atomic E-state index is 2.32. The summed E-state index contributed by atoms with van der Waals surface area (Å²) in [6, 6.07) is 32.9. The molecule has 4 aromatic carbocycles. The number of fused-ring (bicyclic) bond motifs is 1. The Bertz CT molecular complexity index is 993. The summed E-state index contributed by atoms with van der Waals surface area (Å²) in [5.74, 6) is 0.561. The lowest BCUT2D eigenvalue weighted by molar-refractivity contribution is 0.867. The molecule has 4 aromatic rings. The van der Waals surface area contributed by atoms with Crippen molar-refractivity contribution in [1.82, 2.24) is 0 Å². The minimum absolute atomic E-state index is 0.561. The van der Waals surface area contributed by atoms with E-state index in [1.807, 2.05) is 0 Å². The van der Waals surface area contributed by atoms with Crippen LogP contribution in [0.25, 0.3) is 33.0 Å². The monoisotopic (exact) mass is 322 g/mol. The molecule has 0 spiro atoms. The second-order valence-electron chi connectivity index (χ2n) is 6.88. The minimum atomic E-state index is 0.561. The van der Waals surface area contributed by atoms with Gasteiger partial charge in [0.1, 0.15) is 0 Å². The van der Waals surface area contributed by atoms with E-state index in [0.717, 1.165) is 0 Å². The van der Waals surface area contributed by atoms with Gasteiger partial charge in [0.05, 0.1) is 0 Å². The van der Waals surface area contributed by atoms with Crippen LogP contribution in [0.2, 0.25) is 0 Å². The topological polar surface area (TPSA) is 0 Å². The van der Waals surface area contributed by atoms with Crippen molar-refractivity contribution in [1.29, 1.82) is 0 Å². The summed E-state index contributed by atoms with van der Waals surface area (Å²) in [7, 11) is 0. The van der Waals surface area contributed by atoms with Crippen molar-refractivity contribution in [3.05, 3.63) is 96.6 Å². The van der Waals surface area contributed by atoms with Gasteiger partial charge in [-0.3, -0.25) is 0 Å². The molecule has 0 unspecified atom stereocenters. The summed E-state index contributed by atoms with van der Waals surface area (Å²) in [5, 5.41) is 2.59. The first-order valence-corrected chi connectivity index (χ1v) is 8.91. The van der Waals surface area contributed by atoms with Gasteiger partial charge >= 0.3 is 0 Å². The molecule has 4 rings (SSSR count). The van der Waals surface area contributed by atoms with E-state index >= 15 is 0 Å². The van der Waals surface area contributed by atoms with Gasteiger partial charge in [0, 0.05) is 0 Å². The number of benzene rings is 4. The molecular formula is C25H22. The van der Waals surface area contributed by atoms with Crippen LogP contribution in [0.4, 0.5) is 0 Å². The van der Waals surface area contributed by atoms with E-state index in [0.29, 0.717) is 5.92 Å². The standard InChI is InChI=1S/C25H22/c1-18(2)19-11-13-22(14-12-19)24-10-6-9-21-15-16-23(17-25(21)24)20-7-4-3-5-8-20/h3-18H,1-2H3. The summed E-state index contributed by atoms with van der Waals surface area (Å²) in [4.78, 5) is 0. The van der Waals surface area contributed by atoms with E-state index < -0.39 is 0 Å². The van der Waals surface area contributed by atoms with Gasteiger partial charge in [-0.1, -0.05) is 98.8 Å². The first-order chi connectivity index (χ1) is 12.2. The van der Waals surface area contributed by atoms with Crippen LogP contribution in [-0.4, -0.2) is 0 Å². The van der Waals surface area contributed by atoms with Crippen molar-refractivity contribution in [3.63, 3.8) is 0 Å². The van der Waals surface area contributed by atoms with Gasteiger partial charge in [0.25, 0.3) is 0 Å². The molecule has 0 bridgehead atoms. The Labute approximate surface area is 149 Å². The normalized spacial score (nSPS) is 11.2. The van der Waals surface area contributed by atoms with Crippen LogP contribution in [0.15, 0.2) is 91.0 Å². The quantitative estimate of drug-likeness (QED) is 0.371. The molecule has 0 aliphatic carbocycles. The molecule has 0 aliphatic heterocycles. The molecule has 0 heterocycles. The Kier molecular flexibility index (Phi) is 4.11. The van der Waals surface area contributed by atoms with Gasteiger partial charge in [-0.15, -0.1) is 0 Å². The highest BCUT2D eigenvalue weighted by molar-refractivity contribution is 5.99. The molecule has 0 amide bonds. The zero-order valence-electron chi connectivity index (χ0n) is 14.7. The van der Waals surface area contributed by atoms with Crippen molar-refractivity contribution in [3.8, 4) is 22.3 Å². The Morgan fingerprint density at radius 3 is 2.00 bits per heavy atom. The Hall–Kier alpha value is -2.86. The van der Waals surface area contributed by atoms with E-state index in [1.165, 1.54) is 38.6 Å². The van der Waals surface area contributed by atoms with E-state index in [9.17, 15) is 0 Å². The van der Waals surface area contributed by atoms with Gasteiger partial charge in [0.15, 0.2) is 0 Å². The summed E-state index contributed by atoms with van der Waals surface area (Å²) in [6.45, 7) is 4.47. The SMILES string of the molecule is CC(C)c1ccc(-c2cccc3ccc(-c4ccccc4)cc23)cc1. The number of rotatable bonds is 3. The lowest BCUT2D eigenvalue weighted by Crippen LogP contribution is -1.88. The second-order valence-corrected chi connectivity index (χ2v) is 6.88. The summed E-state index contributed by atoms with van der Waals surface area (Å²) in [5.41, 5.74) is 6.48. The average molecular weight is 322 g/mol. The van der Waals surface area contributed by atoms with E-state index in [4.69, 9.17) is 0 Å². The van der Waals surface area contributed by atoms with Gasteiger partial charge in [-0.25, -0.2) is 0 Å². The fourth-order valence-corrected chi connectivity index (χ4v) is 3.38. The van der Waals surface area contributed by atoms with Crippen LogP contribution in [0.3, 0.4) is 0 Å². The van der Waals surface area contributed by atoms with Gasteiger partial charge in [0.2, 0.25) is 0 Å². The molecule has 0 radical (unpaired) electrons. The van der Waals surface area contributed by atoms with E-state index in [1.54, 1.807) is 0 Å². The summed E-state index contributed by atoms with van der Waals surface area (Å²) >= 11 is 0. The van der Waals surface area contributed by atoms with Crippen molar-refractivity contribution in [2.75, 3.05) is 0 Å². The second kappa shape index (κ2) is 6.57. The molecule has 0 aromatic heterocycles. The van der Waals surface area contributed by atoms with E-state index in [-0.39, 0.29) is 0 Å². The predicted octanol–water partition coefficient (Wildman–Crippen LogP) is 7.30. The molecule has 0 atom stereocenters. The lowest BCUT2D eigenvalue weighted by Gasteiger charge is -2.11. The maximum Gasteiger partial charge on any atom is -0.00992 e. The van der Waals surface area contributed by atoms with Crippen LogP contribution >= 0.6 is 0 Å². The third kappa shape index (κ3) is 3.08. The van der Waals surface area contributed by atoms with E-state index in [2.05, 4.69) is 105 Å². The predicted molar refractivity (Wildman–Crippen MR) is 109 cm³/mol. The van der Waals surface area contributed by atoms with Crippen LogP contribution in [0.5, 0.6) is 0 Å². The number of hydrogen-bond donors (Lipinski definition) is 0. The smallest absolute Gasteiger partial charge is 0.00992 e. The molecule has 122 valence electrons. The fraction of sp³-hybridized carbons (Fsp3) is 0.120. The Balaban J connectivity index is 1.86. The summed E-state index contributed by atoms with van der Waals surface area (Å²) < 4.78 is 0. The minimum Gasteiger partial charge on any atom is -0.0622 e. The Morgan fingerprint density at radius 2 is 1.28 bits per heavy atom. The highest BCUT2D eigenvalue weighted by Crippen LogP contribution is 2.32. The van der Waals surface area contributed by atoms with Crippen molar-refractivity contribution in [2.45, 2.75) is 19.8 Å². The largest absolute Gasteiger partial charge is 0.0622 e. The molecule has 0 heteroatoms. The van der Waals surface area contributed by atoms with Gasteiger partial charge in [-0.2, -0.15) is 0 Å². The third-order valence-electron chi connectivity index (χ3n) is 4.88. The molecule has 0 saturated heterocycles. The summed E-state index contributed by atoms with van der Waals surface area (Å²) in [6.07, 6.45) is 0. The average Bonchev–Trinajstić information content (AvgIpc) is 2.68. The molecule has 0 N–H and O–H groups in total. The van der Waals surface area contributed by atoms with Gasteiger partial charge < -0.3 is 0 Å². The zero-order chi connectivity index (χ0) is 17.2. The molecular weight excluding hydrogens is 300 g/mol. The molecule has 0 aliphatic rings. The molecule has 0 nitrogen and oxygen atoms in total. The number of hydrogen-bond acceptors (Lipinski definition) is 0. The van der Waals surface area contributed by atoms with Crippen LogP contribution < -0.4 is 0 Å². The van der Waals surface area contributed by atoms with Gasteiger partial charge in [-0.05, 0) is 50.6 Å².